The fourth-order valence-electron chi connectivity index (χ4n) is 1.34. The summed E-state index contributed by atoms with van der Waals surface area (Å²) >= 11 is 1.56. The molecule has 98 valence electrons. The third kappa shape index (κ3) is 3.16. The van der Waals surface area contributed by atoms with Crippen LogP contribution in [-0.2, 0) is 23.1 Å². The Morgan fingerprint density at radius 1 is 1.39 bits per heavy atom. The zero-order chi connectivity index (χ0) is 13.0. The lowest BCUT2D eigenvalue weighted by molar-refractivity contribution is 0.400. The zero-order valence-electron chi connectivity index (χ0n) is 9.71. The van der Waals surface area contributed by atoms with Crippen LogP contribution in [0.15, 0.2) is 33.3 Å². The molecule has 8 heteroatoms. The van der Waals surface area contributed by atoms with E-state index in [2.05, 4.69) is 15.0 Å². The molecule has 0 saturated carbocycles. The van der Waals surface area contributed by atoms with Gasteiger partial charge in [0.25, 0.3) is 10.0 Å². The summed E-state index contributed by atoms with van der Waals surface area (Å²) in [6.45, 7) is 1.15. The number of sulfonamides is 1. The Kier molecular flexibility index (Phi) is 4.12. The van der Waals surface area contributed by atoms with Gasteiger partial charge >= 0.3 is 0 Å². The van der Waals surface area contributed by atoms with Crippen molar-refractivity contribution in [3.63, 3.8) is 0 Å². The highest BCUT2D eigenvalue weighted by Gasteiger charge is 2.15. The monoisotopic (exact) mass is 287 g/mol. The molecule has 0 spiro atoms. The summed E-state index contributed by atoms with van der Waals surface area (Å²) in [5.41, 5.74) is 1.77. The molecule has 0 atom stereocenters. The molecule has 0 unspecified atom stereocenters. The summed E-state index contributed by atoms with van der Waals surface area (Å²) < 4.78 is 30.3. The van der Waals surface area contributed by atoms with Gasteiger partial charge in [-0.25, -0.2) is 13.1 Å². The second kappa shape index (κ2) is 5.61. The van der Waals surface area contributed by atoms with Crippen molar-refractivity contribution >= 4 is 21.4 Å². The lowest BCUT2D eigenvalue weighted by atomic mass is 10.4. The minimum absolute atomic E-state index is 0.0698. The van der Waals surface area contributed by atoms with Crippen LogP contribution in [-0.4, -0.2) is 20.4 Å². The van der Waals surface area contributed by atoms with Gasteiger partial charge in [0, 0.05) is 17.6 Å². The lowest BCUT2D eigenvalue weighted by Crippen LogP contribution is -2.17. The smallest absolute Gasteiger partial charge is 0.273 e. The Bertz CT molecular complexity index is 590. The molecular formula is C10H13N3O3S2. The SMILES string of the molecule is CNS(=O)(=O)c1ccc(CNCc2cncs2)o1. The number of thiazole rings is 1. The van der Waals surface area contributed by atoms with Crippen LogP contribution in [0.2, 0.25) is 0 Å². The van der Waals surface area contributed by atoms with Crippen LogP contribution < -0.4 is 10.0 Å². The zero-order valence-corrected chi connectivity index (χ0v) is 11.3. The molecular weight excluding hydrogens is 274 g/mol. The third-order valence-corrected chi connectivity index (χ3v) is 4.32. The van der Waals surface area contributed by atoms with Crippen molar-refractivity contribution in [1.29, 1.82) is 0 Å². The van der Waals surface area contributed by atoms with Crippen molar-refractivity contribution in [2.75, 3.05) is 7.05 Å². The molecule has 0 aliphatic carbocycles. The van der Waals surface area contributed by atoms with Gasteiger partial charge < -0.3 is 9.73 Å². The first-order valence-corrected chi connectivity index (χ1v) is 7.58. The lowest BCUT2D eigenvalue weighted by Gasteiger charge is -2.00. The van der Waals surface area contributed by atoms with Crippen LogP contribution in [0.1, 0.15) is 10.6 Å². The van der Waals surface area contributed by atoms with E-state index in [0.717, 1.165) is 4.88 Å². The Morgan fingerprint density at radius 2 is 2.22 bits per heavy atom. The van der Waals surface area contributed by atoms with Gasteiger partial charge in [-0.15, -0.1) is 11.3 Å². The van der Waals surface area contributed by atoms with E-state index < -0.39 is 10.0 Å². The first kappa shape index (κ1) is 13.2. The predicted octanol–water partition coefficient (Wildman–Crippen LogP) is 0.934. The maximum atomic E-state index is 11.4. The molecule has 0 amide bonds. The summed E-state index contributed by atoms with van der Waals surface area (Å²) in [5, 5.41) is 3.08. The van der Waals surface area contributed by atoms with Gasteiger partial charge in [-0.1, -0.05) is 0 Å². The number of aromatic nitrogens is 1. The van der Waals surface area contributed by atoms with Gasteiger partial charge in [-0.05, 0) is 19.2 Å². The molecule has 0 radical (unpaired) electrons. The second-order valence-corrected chi connectivity index (χ2v) is 6.29. The van der Waals surface area contributed by atoms with E-state index in [9.17, 15) is 8.42 Å². The highest BCUT2D eigenvalue weighted by Crippen LogP contribution is 2.13. The Labute approximate surface area is 109 Å². The van der Waals surface area contributed by atoms with Crippen LogP contribution in [0.3, 0.4) is 0 Å². The van der Waals surface area contributed by atoms with E-state index in [-0.39, 0.29) is 5.09 Å². The van der Waals surface area contributed by atoms with Crippen LogP contribution in [0.5, 0.6) is 0 Å². The molecule has 0 bridgehead atoms. The van der Waals surface area contributed by atoms with Gasteiger partial charge in [-0.3, -0.25) is 4.98 Å². The molecule has 0 aliphatic heterocycles. The average molecular weight is 287 g/mol. The molecule has 0 aliphatic rings. The van der Waals surface area contributed by atoms with Gasteiger partial charge in [0.05, 0.1) is 12.1 Å². The van der Waals surface area contributed by atoms with E-state index in [1.165, 1.54) is 13.1 Å². The minimum atomic E-state index is -3.50. The molecule has 2 aromatic heterocycles. The number of rotatable bonds is 6. The molecule has 2 rings (SSSR count). The first-order chi connectivity index (χ1) is 8.62. The van der Waals surface area contributed by atoms with Gasteiger partial charge in [-0.2, -0.15) is 0 Å². The number of hydrogen-bond acceptors (Lipinski definition) is 6. The fourth-order valence-corrected chi connectivity index (χ4v) is 2.57. The van der Waals surface area contributed by atoms with Crippen LogP contribution in [0, 0.1) is 0 Å². The first-order valence-electron chi connectivity index (χ1n) is 5.22. The maximum Gasteiger partial charge on any atom is 0.273 e. The third-order valence-electron chi connectivity index (χ3n) is 2.25. The van der Waals surface area contributed by atoms with Crippen LogP contribution >= 0.6 is 11.3 Å². The maximum absolute atomic E-state index is 11.4. The topological polar surface area (TPSA) is 84.2 Å². The van der Waals surface area contributed by atoms with E-state index in [0.29, 0.717) is 18.8 Å². The fraction of sp³-hybridized carbons (Fsp3) is 0.300. The number of furan rings is 1. The van der Waals surface area contributed by atoms with Gasteiger partial charge in [0.15, 0.2) is 0 Å². The van der Waals surface area contributed by atoms with E-state index in [1.807, 2.05) is 0 Å². The van der Waals surface area contributed by atoms with Crippen molar-refractivity contribution in [1.82, 2.24) is 15.0 Å². The highest BCUT2D eigenvalue weighted by atomic mass is 32.2. The van der Waals surface area contributed by atoms with Gasteiger partial charge in [0.2, 0.25) is 5.09 Å². The van der Waals surface area contributed by atoms with Crippen molar-refractivity contribution in [2.45, 2.75) is 18.2 Å². The highest BCUT2D eigenvalue weighted by molar-refractivity contribution is 7.89. The van der Waals surface area contributed by atoms with Crippen LogP contribution in [0.4, 0.5) is 0 Å². The Morgan fingerprint density at radius 3 is 2.89 bits per heavy atom. The quantitative estimate of drug-likeness (QED) is 0.826. The van der Waals surface area contributed by atoms with Gasteiger partial charge in [0.1, 0.15) is 5.76 Å². The van der Waals surface area contributed by atoms with Crippen molar-refractivity contribution in [3.8, 4) is 0 Å². The number of nitrogens with one attached hydrogen (secondary N) is 2. The van der Waals surface area contributed by atoms with E-state index in [4.69, 9.17) is 4.42 Å². The Balaban J connectivity index is 1.91. The van der Waals surface area contributed by atoms with Crippen LogP contribution in [0.25, 0.3) is 0 Å². The van der Waals surface area contributed by atoms with E-state index >= 15 is 0 Å². The number of hydrogen-bond donors (Lipinski definition) is 2. The summed E-state index contributed by atoms with van der Waals surface area (Å²) in [6.07, 6.45) is 1.79. The average Bonchev–Trinajstić information content (AvgIpc) is 3.00. The Hall–Kier alpha value is -1.22. The standard InChI is InChI=1S/C10H13N3O3S2/c1-11-18(14,15)10-3-2-8(16-10)4-12-5-9-6-13-7-17-9/h2-3,6-7,11-12H,4-5H2,1H3. The largest absolute Gasteiger partial charge is 0.447 e. The predicted molar refractivity (Wildman–Crippen MR) is 67.6 cm³/mol. The molecule has 0 saturated heterocycles. The van der Waals surface area contributed by atoms with Crippen molar-refractivity contribution < 1.29 is 12.8 Å². The molecule has 2 heterocycles. The molecule has 0 fully saturated rings. The summed E-state index contributed by atoms with van der Waals surface area (Å²) in [7, 11) is -2.15. The minimum Gasteiger partial charge on any atom is -0.447 e. The normalized spacial score (nSPS) is 11.8. The molecule has 2 aromatic rings. The second-order valence-electron chi connectivity index (χ2n) is 3.50. The van der Waals surface area contributed by atoms with E-state index in [1.54, 1.807) is 29.1 Å². The number of nitrogens with zero attached hydrogens (tertiary/aromatic N) is 1. The van der Waals surface area contributed by atoms with Crippen molar-refractivity contribution in [2.24, 2.45) is 0 Å². The molecule has 2 N–H and O–H groups in total. The summed E-state index contributed by atoms with van der Waals surface area (Å²) in [5.74, 6) is 0.577. The molecule has 0 aromatic carbocycles. The van der Waals surface area contributed by atoms with Crippen molar-refractivity contribution in [3.05, 3.63) is 34.5 Å². The molecule has 18 heavy (non-hydrogen) atoms. The molecule has 6 nitrogen and oxygen atoms in total. The summed E-state index contributed by atoms with van der Waals surface area (Å²) in [4.78, 5) is 5.08. The summed E-state index contributed by atoms with van der Waals surface area (Å²) in [6, 6.07) is 3.08.